The Morgan fingerprint density at radius 3 is 2.33 bits per heavy atom. The van der Waals surface area contributed by atoms with Gasteiger partial charge in [0.05, 0.1) is 0 Å². The molecule has 0 bridgehead atoms. The summed E-state index contributed by atoms with van der Waals surface area (Å²) in [5.41, 5.74) is 3.47. The molecule has 1 amide bonds. The summed E-state index contributed by atoms with van der Waals surface area (Å²) in [6.45, 7) is 4.78. The highest BCUT2D eigenvalue weighted by Gasteiger charge is 2.36. The molecule has 0 aliphatic carbocycles. The number of likely N-dealkylation sites (tertiary alicyclic amines) is 1. The number of amides is 1. The Morgan fingerprint density at radius 2 is 1.67 bits per heavy atom. The number of hydrogen-bond donors (Lipinski definition) is 2. The smallest absolute Gasteiger partial charge is 0.253 e. The Labute approximate surface area is 161 Å². The van der Waals surface area contributed by atoms with Gasteiger partial charge in [0.1, 0.15) is 0 Å². The molecule has 142 valence electrons. The van der Waals surface area contributed by atoms with E-state index in [1.165, 1.54) is 18.4 Å². The lowest BCUT2D eigenvalue weighted by molar-refractivity contribution is 0.0496. The molecule has 5 nitrogen and oxygen atoms in total. The number of carbonyl (C=O) groups excluding carboxylic acids is 1. The van der Waals surface area contributed by atoms with E-state index in [0.717, 1.165) is 56.8 Å². The molecule has 2 aromatic rings. The molecule has 2 aliphatic heterocycles. The SMILES string of the molecule is O=C(c1ccc(NCc2ccncc2)cc1)N1CCC2(CCNCC2)CC1. The summed E-state index contributed by atoms with van der Waals surface area (Å²) >= 11 is 0. The third-order valence-electron chi connectivity index (χ3n) is 6.15. The van der Waals surface area contributed by atoms with Crippen LogP contribution >= 0.6 is 0 Å². The largest absolute Gasteiger partial charge is 0.381 e. The third kappa shape index (κ3) is 4.30. The van der Waals surface area contributed by atoms with Crippen molar-refractivity contribution in [3.8, 4) is 0 Å². The Hall–Kier alpha value is -2.40. The predicted octanol–water partition coefficient (Wildman–Crippen LogP) is 3.30. The van der Waals surface area contributed by atoms with Crippen LogP contribution in [-0.4, -0.2) is 42.0 Å². The lowest BCUT2D eigenvalue weighted by atomic mass is 9.71. The highest BCUT2D eigenvalue weighted by Crippen LogP contribution is 2.39. The van der Waals surface area contributed by atoms with Crippen LogP contribution in [0.25, 0.3) is 0 Å². The van der Waals surface area contributed by atoms with Gasteiger partial charge >= 0.3 is 0 Å². The number of rotatable bonds is 4. The first-order valence-corrected chi connectivity index (χ1v) is 9.97. The van der Waals surface area contributed by atoms with E-state index in [4.69, 9.17) is 0 Å². The van der Waals surface area contributed by atoms with Crippen LogP contribution in [0.4, 0.5) is 5.69 Å². The molecule has 0 atom stereocenters. The summed E-state index contributed by atoms with van der Waals surface area (Å²) in [5, 5.41) is 6.84. The van der Waals surface area contributed by atoms with Crippen LogP contribution in [0.2, 0.25) is 0 Å². The van der Waals surface area contributed by atoms with E-state index < -0.39 is 0 Å². The summed E-state index contributed by atoms with van der Waals surface area (Å²) in [5.74, 6) is 0.166. The van der Waals surface area contributed by atoms with Crippen LogP contribution in [0.1, 0.15) is 41.6 Å². The van der Waals surface area contributed by atoms with Gasteiger partial charge in [-0.3, -0.25) is 9.78 Å². The third-order valence-corrected chi connectivity index (χ3v) is 6.15. The second-order valence-electron chi connectivity index (χ2n) is 7.83. The first-order valence-electron chi connectivity index (χ1n) is 9.97. The Kier molecular flexibility index (Phi) is 5.39. The van der Waals surface area contributed by atoms with E-state index in [9.17, 15) is 4.79 Å². The molecule has 0 unspecified atom stereocenters. The molecular formula is C22H28N4O. The Morgan fingerprint density at radius 1 is 1.00 bits per heavy atom. The maximum atomic E-state index is 12.8. The fraction of sp³-hybridized carbons (Fsp3) is 0.455. The number of pyridine rings is 1. The van der Waals surface area contributed by atoms with Crippen molar-refractivity contribution in [2.24, 2.45) is 5.41 Å². The fourth-order valence-corrected chi connectivity index (χ4v) is 4.26. The number of nitrogens with one attached hydrogen (secondary N) is 2. The number of aromatic nitrogens is 1. The molecule has 5 heteroatoms. The molecule has 1 aromatic carbocycles. The van der Waals surface area contributed by atoms with Gasteiger partial charge in [-0.25, -0.2) is 0 Å². The van der Waals surface area contributed by atoms with Crippen LogP contribution in [0, 0.1) is 5.41 Å². The number of piperidine rings is 2. The Bertz CT molecular complexity index is 744. The summed E-state index contributed by atoms with van der Waals surface area (Å²) in [4.78, 5) is 18.9. The summed E-state index contributed by atoms with van der Waals surface area (Å²) < 4.78 is 0. The van der Waals surface area contributed by atoms with Crippen molar-refractivity contribution in [3.05, 3.63) is 59.9 Å². The van der Waals surface area contributed by atoms with Gasteiger partial charge in [-0.05, 0) is 86.1 Å². The Balaban J connectivity index is 1.31. The van der Waals surface area contributed by atoms with E-state index >= 15 is 0 Å². The van der Waals surface area contributed by atoms with Gasteiger partial charge in [-0.2, -0.15) is 0 Å². The van der Waals surface area contributed by atoms with E-state index in [1.54, 1.807) is 12.4 Å². The molecule has 2 fully saturated rings. The van der Waals surface area contributed by atoms with E-state index in [1.807, 2.05) is 41.3 Å². The average Bonchev–Trinajstić information content (AvgIpc) is 2.74. The van der Waals surface area contributed by atoms with Crippen molar-refractivity contribution >= 4 is 11.6 Å². The molecule has 4 rings (SSSR count). The minimum atomic E-state index is 0.166. The molecule has 3 heterocycles. The number of hydrogen-bond acceptors (Lipinski definition) is 4. The molecule has 2 saturated heterocycles. The number of benzene rings is 1. The van der Waals surface area contributed by atoms with Crippen molar-refractivity contribution in [1.82, 2.24) is 15.2 Å². The van der Waals surface area contributed by atoms with Gasteiger partial charge in [0.25, 0.3) is 5.91 Å². The lowest BCUT2D eigenvalue weighted by Crippen LogP contribution is -2.47. The number of nitrogens with zero attached hydrogens (tertiary/aromatic N) is 2. The maximum Gasteiger partial charge on any atom is 0.253 e. The van der Waals surface area contributed by atoms with E-state index in [2.05, 4.69) is 15.6 Å². The van der Waals surface area contributed by atoms with Crippen molar-refractivity contribution in [3.63, 3.8) is 0 Å². The van der Waals surface area contributed by atoms with Crippen LogP contribution in [-0.2, 0) is 6.54 Å². The highest BCUT2D eigenvalue weighted by molar-refractivity contribution is 5.94. The van der Waals surface area contributed by atoms with Gasteiger partial charge in [0, 0.05) is 43.3 Å². The molecule has 0 saturated carbocycles. The second-order valence-corrected chi connectivity index (χ2v) is 7.83. The lowest BCUT2D eigenvalue weighted by Gasteiger charge is -2.44. The van der Waals surface area contributed by atoms with Crippen molar-refractivity contribution in [2.75, 3.05) is 31.5 Å². The second kappa shape index (κ2) is 8.09. The first kappa shape index (κ1) is 18.0. The van der Waals surface area contributed by atoms with Gasteiger partial charge in [-0.15, -0.1) is 0 Å². The zero-order chi connectivity index (χ0) is 18.5. The molecule has 2 N–H and O–H groups in total. The van der Waals surface area contributed by atoms with Gasteiger partial charge in [-0.1, -0.05) is 0 Å². The van der Waals surface area contributed by atoms with Crippen molar-refractivity contribution in [2.45, 2.75) is 32.2 Å². The zero-order valence-corrected chi connectivity index (χ0v) is 15.8. The minimum Gasteiger partial charge on any atom is -0.381 e. The van der Waals surface area contributed by atoms with E-state index in [-0.39, 0.29) is 5.91 Å². The van der Waals surface area contributed by atoms with Gasteiger partial charge in [0.2, 0.25) is 0 Å². The standard InChI is InChI=1S/C22H28N4O/c27-21(26-15-9-22(10-16-26)7-13-24-14-8-22)19-1-3-20(4-2-19)25-17-18-5-11-23-12-6-18/h1-6,11-12,24-25H,7-10,13-17H2. The monoisotopic (exact) mass is 364 g/mol. The molecule has 27 heavy (non-hydrogen) atoms. The first-order chi connectivity index (χ1) is 13.2. The van der Waals surface area contributed by atoms with Crippen molar-refractivity contribution in [1.29, 1.82) is 0 Å². The molecule has 1 aromatic heterocycles. The van der Waals surface area contributed by atoms with Crippen LogP contribution in [0.15, 0.2) is 48.8 Å². The summed E-state index contributed by atoms with van der Waals surface area (Å²) in [6, 6.07) is 11.9. The van der Waals surface area contributed by atoms with Crippen LogP contribution in [0.3, 0.4) is 0 Å². The van der Waals surface area contributed by atoms with Crippen LogP contribution in [0.5, 0.6) is 0 Å². The molecular weight excluding hydrogens is 336 g/mol. The van der Waals surface area contributed by atoms with E-state index in [0.29, 0.717) is 5.41 Å². The van der Waals surface area contributed by atoms with Gasteiger partial charge in [0.15, 0.2) is 0 Å². The quantitative estimate of drug-likeness (QED) is 0.874. The fourth-order valence-electron chi connectivity index (χ4n) is 4.26. The topological polar surface area (TPSA) is 57.3 Å². The zero-order valence-electron chi connectivity index (χ0n) is 15.8. The summed E-state index contributed by atoms with van der Waals surface area (Å²) in [7, 11) is 0. The molecule has 0 radical (unpaired) electrons. The molecule has 2 aliphatic rings. The average molecular weight is 364 g/mol. The van der Waals surface area contributed by atoms with Gasteiger partial charge < -0.3 is 15.5 Å². The number of anilines is 1. The highest BCUT2D eigenvalue weighted by atomic mass is 16.2. The maximum absolute atomic E-state index is 12.8. The van der Waals surface area contributed by atoms with Crippen LogP contribution < -0.4 is 10.6 Å². The number of carbonyl (C=O) groups is 1. The minimum absolute atomic E-state index is 0.166. The summed E-state index contributed by atoms with van der Waals surface area (Å²) in [6.07, 6.45) is 8.40. The van der Waals surface area contributed by atoms with Crippen molar-refractivity contribution < 1.29 is 4.79 Å². The molecule has 1 spiro atoms. The predicted molar refractivity (Wildman–Crippen MR) is 108 cm³/mol. The normalized spacial score (nSPS) is 19.0.